The van der Waals surface area contributed by atoms with E-state index in [4.69, 9.17) is 4.74 Å². The Bertz CT molecular complexity index is 1060. The van der Waals surface area contributed by atoms with Crippen molar-refractivity contribution in [3.8, 4) is 0 Å². The van der Waals surface area contributed by atoms with Gasteiger partial charge in [0.05, 0.1) is 12.7 Å². The number of fused-ring (bicyclic) bond motifs is 2. The summed E-state index contributed by atoms with van der Waals surface area (Å²) < 4.78 is 4.78. The van der Waals surface area contributed by atoms with Crippen molar-refractivity contribution in [1.82, 2.24) is 9.97 Å². The molecule has 0 aliphatic rings. The lowest BCUT2D eigenvalue weighted by molar-refractivity contribution is 0.0601. The largest absolute Gasteiger partial charge is 0.465 e. The van der Waals surface area contributed by atoms with Crippen molar-refractivity contribution in [3.05, 3.63) is 71.0 Å². The first kappa shape index (κ1) is 14.6. The highest BCUT2D eigenvalue weighted by atomic mass is 16.5. The Balaban J connectivity index is 1.72. The number of carbonyl (C=O) groups excluding carboxylic acids is 1. The number of carbonyl (C=O) groups is 1. The zero-order valence-electron chi connectivity index (χ0n) is 13.6. The fourth-order valence-corrected chi connectivity index (χ4v) is 3.23. The van der Waals surface area contributed by atoms with Crippen LogP contribution in [0.1, 0.15) is 27.0 Å². The molecule has 2 N–H and O–H groups in total. The highest BCUT2D eigenvalue weighted by Gasteiger charge is 2.11. The number of ether oxygens (including phenoxy) is 1. The molecule has 2 aromatic heterocycles. The average molecular weight is 318 g/mol. The summed E-state index contributed by atoms with van der Waals surface area (Å²) in [4.78, 5) is 18.3. The second kappa shape index (κ2) is 5.57. The Labute approximate surface area is 139 Å². The molecule has 24 heavy (non-hydrogen) atoms. The number of aromatic nitrogens is 2. The van der Waals surface area contributed by atoms with Gasteiger partial charge in [-0.1, -0.05) is 18.2 Å². The van der Waals surface area contributed by atoms with Gasteiger partial charge in [0.2, 0.25) is 0 Å². The van der Waals surface area contributed by atoms with Gasteiger partial charge < -0.3 is 14.7 Å². The number of hydrogen-bond acceptors (Lipinski definition) is 2. The molecule has 120 valence electrons. The van der Waals surface area contributed by atoms with Crippen molar-refractivity contribution in [2.45, 2.75) is 13.3 Å². The van der Waals surface area contributed by atoms with Crippen molar-refractivity contribution in [3.63, 3.8) is 0 Å². The van der Waals surface area contributed by atoms with E-state index in [-0.39, 0.29) is 5.97 Å². The zero-order chi connectivity index (χ0) is 16.7. The van der Waals surface area contributed by atoms with E-state index in [1.165, 1.54) is 29.2 Å². The predicted molar refractivity (Wildman–Crippen MR) is 95.5 cm³/mol. The van der Waals surface area contributed by atoms with Gasteiger partial charge in [0.15, 0.2) is 0 Å². The molecule has 4 rings (SSSR count). The Hall–Kier alpha value is -3.01. The summed E-state index contributed by atoms with van der Waals surface area (Å²) in [5.41, 5.74) is 6.39. The number of esters is 1. The van der Waals surface area contributed by atoms with Gasteiger partial charge in [-0.3, -0.25) is 0 Å². The number of aromatic amines is 2. The first-order valence-electron chi connectivity index (χ1n) is 7.90. The topological polar surface area (TPSA) is 57.9 Å². The van der Waals surface area contributed by atoms with E-state index in [0.29, 0.717) is 5.56 Å². The van der Waals surface area contributed by atoms with E-state index in [2.05, 4.69) is 41.3 Å². The summed E-state index contributed by atoms with van der Waals surface area (Å²) >= 11 is 0. The van der Waals surface area contributed by atoms with Crippen LogP contribution in [0.4, 0.5) is 0 Å². The summed E-state index contributed by atoms with van der Waals surface area (Å²) in [6.45, 7) is 2.10. The lowest BCUT2D eigenvalue weighted by Crippen LogP contribution is -2.00. The molecule has 4 nitrogen and oxygen atoms in total. The van der Waals surface area contributed by atoms with Gasteiger partial charge in [0.1, 0.15) is 0 Å². The molecule has 0 fully saturated rings. The molecule has 2 heterocycles. The summed E-state index contributed by atoms with van der Waals surface area (Å²) in [6, 6.07) is 12.1. The highest BCUT2D eigenvalue weighted by Crippen LogP contribution is 2.26. The molecule has 0 saturated carbocycles. The fourth-order valence-electron chi connectivity index (χ4n) is 3.23. The Morgan fingerprint density at radius 2 is 1.58 bits per heavy atom. The molecule has 0 aliphatic carbocycles. The van der Waals surface area contributed by atoms with E-state index < -0.39 is 0 Å². The third-order valence-electron chi connectivity index (χ3n) is 4.49. The molecule has 0 spiro atoms. The van der Waals surface area contributed by atoms with Crippen molar-refractivity contribution in [1.29, 1.82) is 0 Å². The molecule has 0 amide bonds. The summed E-state index contributed by atoms with van der Waals surface area (Å²) in [5, 5.41) is 2.38. The van der Waals surface area contributed by atoms with Gasteiger partial charge in [0, 0.05) is 40.6 Å². The number of rotatable bonds is 3. The summed E-state index contributed by atoms with van der Waals surface area (Å²) in [5.74, 6) is -0.319. The number of aryl methyl sites for hydroxylation is 1. The SMILES string of the molecule is COC(=O)c1ccc2c(Cc3c[nH]c4cc(C)ccc34)c[nH]c2c1. The second-order valence-corrected chi connectivity index (χ2v) is 6.11. The first-order valence-corrected chi connectivity index (χ1v) is 7.90. The lowest BCUT2D eigenvalue weighted by Gasteiger charge is -2.02. The Morgan fingerprint density at radius 1 is 0.958 bits per heavy atom. The van der Waals surface area contributed by atoms with Crippen molar-refractivity contribution >= 4 is 27.8 Å². The van der Waals surface area contributed by atoms with Crippen LogP contribution in [0, 0.1) is 6.92 Å². The van der Waals surface area contributed by atoms with E-state index in [9.17, 15) is 4.79 Å². The second-order valence-electron chi connectivity index (χ2n) is 6.11. The maximum absolute atomic E-state index is 11.7. The van der Waals surface area contributed by atoms with E-state index in [1.807, 2.05) is 24.4 Å². The molecule has 4 heteroatoms. The minimum Gasteiger partial charge on any atom is -0.465 e. The van der Waals surface area contributed by atoms with Crippen LogP contribution in [0.3, 0.4) is 0 Å². The van der Waals surface area contributed by atoms with Crippen LogP contribution in [0.25, 0.3) is 21.8 Å². The van der Waals surface area contributed by atoms with Crippen LogP contribution in [-0.4, -0.2) is 23.0 Å². The third kappa shape index (κ3) is 2.36. The quantitative estimate of drug-likeness (QED) is 0.552. The van der Waals surface area contributed by atoms with E-state index in [1.54, 1.807) is 0 Å². The number of benzene rings is 2. The molecule has 0 aliphatic heterocycles. The standard InChI is InChI=1S/C20H18N2O2/c1-12-3-5-16-14(10-21-18(16)7-12)8-15-11-22-19-9-13(20(23)24-2)4-6-17(15)19/h3-7,9-11,21-22H,8H2,1-2H3. The molecule has 0 unspecified atom stereocenters. The van der Waals surface area contributed by atoms with Gasteiger partial charge in [-0.25, -0.2) is 4.79 Å². The summed E-state index contributed by atoms with van der Waals surface area (Å²) in [6.07, 6.45) is 4.92. The highest BCUT2D eigenvalue weighted by molar-refractivity contribution is 5.95. The molecular formula is C20H18N2O2. The monoisotopic (exact) mass is 318 g/mol. The number of H-pyrrole nitrogens is 2. The van der Waals surface area contributed by atoms with Crippen molar-refractivity contribution in [2.75, 3.05) is 7.11 Å². The number of hydrogen-bond donors (Lipinski definition) is 2. The van der Waals surface area contributed by atoms with Crippen LogP contribution in [0.5, 0.6) is 0 Å². The molecule has 0 radical (unpaired) electrons. The molecule has 0 atom stereocenters. The van der Waals surface area contributed by atoms with Gasteiger partial charge in [-0.05, 0) is 41.8 Å². The Kier molecular flexibility index (Phi) is 3.38. The Morgan fingerprint density at radius 3 is 2.25 bits per heavy atom. The van der Waals surface area contributed by atoms with Gasteiger partial charge in [0.25, 0.3) is 0 Å². The fraction of sp³-hybridized carbons (Fsp3) is 0.150. The van der Waals surface area contributed by atoms with Crippen LogP contribution >= 0.6 is 0 Å². The van der Waals surface area contributed by atoms with Crippen LogP contribution < -0.4 is 0 Å². The van der Waals surface area contributed by atoms with E-state index in [0.717, 1.165) is 22.8 Å². The molecule has 4 aromatic rings. The number of nitrogens with one attached hydrogen (secondary N) is 2. The molecule has 0 bridgehead atoms. The maximum Gasteiger partial charge on any atom is 0.337 e. The smallest absolute Gasteiger partial charge is 0.337 e. The maximum atomic E-state index is 11.7. The minimum atomic E-state index is -0.319. The first-order chi connectivity index (χ1) is 11.7. The molecule has 2 aromatic carbocycles. The average Bonchev–Trinajstić information content (AvgIpc) is 3.18. The number of methoxy groups -OCH3 is 1. The van der Waals surface area contributed by atoms with Crippen LogP contribution in [-0.2, 0) is 11.2 Å². The van der Waals surface area contributed by atoms with Crippen molar-refractivity contribution in [2.24, 2.45) is 0 Å². The zero-order valence-corrected chi connectivity index (χ0v) is 13.6. The van der Waals surface area contributed by atoms with Crippen LogP contribution in [0.2, 0.25) is 0 Å². The third-order valence-corrected chi connectivity index (χ3v) is 4.49. The van der Waals surface area contributed by atoms with Gasteiger partial charge in [-0.2, -0.15) is 0 Å². The van der Waals surface area contributed by atoms with Crippen molar-refractivity contribution < 1.29 is 9.53 Å². The van der Waals surface area contributed by atoms with Crippen LogP contribution in [0.15, 0.2) is 48.8 Å². The minimum absolute atomic E-state index is 0.319. The molecule has 0 saturated heterocycles. The van der Waals surface area contributed by atoms with Gasteiger partial charge in [-0.15, -0.1) is 0 Å². The van der Waals surface area contributed by atoms with Gasteiger partial charge >= 0.3 is 5.97 Å². The normalized spacial score (nSPS) is 11.2. The summed E-state index contributed by atoms with van der Waals surface area (Å²) in [7, 11) is 1.39. The predicted octanol–water partition coefficient (Wildman–Crippen LogP) is 4.34. The molecular weight excluding hydrogens is 300 g/mol. The van der Waals surface area contributed by atoms with E-state index >= 15 is 0 Å². The lowest BCUT2D eigenvalue weighted by atomic mass is 10.0.